The van der Waals surface area contributed by atoms with Gasteiger partial charge in [-0.1, -0.05) is 57.5 Å². The van der Waals surface area contributed by atoms with Crippen LogP contribution in [0.4, 0.5) is 0 Å². The Morgan fingerprint density at radius 1 is 0.833 bits per heavy atom. The van der Waals surface area contributed by atoms with E-state index in [2.05, 4.69) is 40.4 Å². The molecule has 0 radical (unpaired) electrons. The predicted octanol–water partition coefficient (Wildman–Crippen LogP) is 3.55. The summed E-state index contributed by atoms with van der Waals surface area (Å²) in [4.78, 5) is 0. The van der Waals surface area contributed by atoms with Crippen molar-refractivity contribution in [1.29, 1.82) is 0 Å². The standard InChI is InChI=1S/C7H9P.2C2H6/c1-6-2-4-7(8)5-3-6;2*1-2/h2-5H,8H2,1H3;2*1-2H3. The van der Waals surface area contributed by atoms with Crippen molar-refractivity contribution in [3.05, 3.63) is 29.8 Å². The molecule has 0 bridgehead atoms. The minimum Gasteiger partial charge on any atom is -0.106 e. The van der Waals surface area contributed by atoms with Gasteiger partial charge in [0.2, 0.25) is 0 Å². The molecule has 1 aromatic rings. The minimum absolute atomic E-state index is 1.25. The summed E-state index contributed by atoms with van der Waals surface area (Å²) in [7, 11) is 2.65. The van der Waals surface area contributed by atoms with Crippen LogP contribution in [0.15, 0.2) is 24.3 Å². The quantitative estimate of drug-likeness (QED) is 0.541. The van der Waals surface area contributed by atoms with E-state index in [0.29, 0.717) is 0 Å². The molecule has 1 atom stereocenters. The van der Waals surface area contributed by atoms with Gasteiger partial charge in [-0.05, 0) is 12.2 Å². The summed E-state index contributed by atoms with van der Waals surface area (Å²) in [5.74, 6) is 0. The molecule has 0 saturated carbocycles. The first-order valence-electron chi connectivity index (χ1n) is 4.61. The zero-order valence-corrected chi connectivity index (χ0v) is 10.0. The van der Waals surface area contributed by atoms with E-state index in [1.165, 1.54) is 10.9 Å². The van der Waals surface area contributed by atoms with E-state index in [1.54, 1.807) is 0 Å². The normalized spacial score (nSPS) is 7.17. The second-order valence-corrected chi connectivity index (χ2v) is 2.58. The molecular formula is C11H21P. The highest BCUT2D eigenvalue weighted by Gasteiger charge is 1.79. The van der Waals surface area contributed by atoms with Crippen molar-refractivity contribution in [3.63, 3.8) is 0 Å². The summed E-state index contributed by atoms with van der Waals surface area (Å²) >= 11 is 0. The fourth-order valence-electron chi connectivity index (χ4n) is 0.566. The van der Waals surface area contributed by atoms with Gasteiger partial charge < -0.3 is 0 Å². The third-order valence-corrected chi connectivity index (χ3v) is 1.46. The summed E-state index contributed by atoms with van der Waals surface area (Å²) in [6, 6.07) is 8.37. The molecule has 12 heavy (non-hydrogen) atoms. The first kappa shape index (κ1) is 14.2. The van der Waals surface area contributed by atoms with Gasteiger partial charge in [-0.25, -0.2) is 0 Å². The van der Waals surface area contributed by atoms with Crippen molar-refractivity contribution >= 4 is 14.5 Å². The molecular weight excluding hydrogens is 163 g/mol. The Hall–Kier alpha value is -0.350. The lowest BCUT2D eigenvalue weighted by Crippen LogP contribution is -1.85. The van der Waals surface area contributed by atoms with Crippen LogP contribution in [0.2, 0.25) is 0 Å². The van der Waals surface area contributed by atoms with Crippen LogP contribution in [0.1, 0.15) is 33.3 Å². The monoisotopic (exact) mass is 184 g/mol. The smallest absolute Gasteiger partial charge is 0.0302 e. The third-order valence-electron chi connectivity index (χ3n) is 1.08. The second kappa shape index (κ2) is 10.7. The Morgan fingerprint density at radius 2 is 1.17 bits per heavy atom. The predicted molar refractivity (Wildman–Crippen MR) is 63.2 cm³/mol. The number of hydrogen-bond acceptors (Lipinski definition) is 0. The van der Waals surface area contributed by atoms with Crippen LogP contribution >= 0.6 is 9.24 Å². The molecule has 0 aliphatic carbocycles. The molecule has 0 aromatic heterocycles. The molecule has 0 aliphatic heterocycles. The van der Waals surface area contributed by atoms with Gasteiger partial charge in [0.05, 0.1) is 0 Å². The van der Waals surface area contributed by atoms with E-state index >= 15 is 0 Å². The van der Waals surface area contributed by atoms with Crippen molar-refractivity contribution in [3.8, 4) is 0 Å². The number of hydrogen-bond donors (Lipinski definition) is 0. The second-order valence-electron chi connectivity index (χ2n) is 1.91. The Morgan fingerprint density at radius 3 is 1.42 bits per heavy atom. The van der Waals surface area contributed by atoms with Gasteiger partial charge in [-0.15, -0.1) is 9.24 Å². The summed E-state index contributed by atoms with van der Waals surface area (Å²) in [5.41, 5.74) is 1.32. The fourth-order valence-corrected chi connectivity index (χ4v) is 0.759. The van der Waals surface area contributed by atoms with Crippen LogP contribution in [0.3, 0.4) is 0 Å². The van der Waals surface area contributed by atoms with Crippen molar-refractivity contribution < 1.29 is 0 Å². The van der Waals surface area contributed by atoms with Crippen LogP contribution < -0.4 is 5.30 Å². The van der Waals surface area contributed by atoms with E-state index in [0.717, 1.165) is 0 Å². The van der Waals surface area contributed by atoms with Crippen LogP contribution in [0, 0.1) is 6.92 Å². The molecule has 0 nitrogen and oxygen atoms in total. The largest absolute Gasteiger partial charge is 0.106 e. The van der Waals surface area contributed by atoms with Gasteiger partial charge in [0.1, 0.15) is 0 Å². The molecule has 1 aromatic carbocycles. The van der Waals surface area contributed by atoms with Crippen LogP contribution in [-0.4, -0.2) is 0 Å². The van der Waals surface area contributed by atoms with Crippen molar-refractivity contribution in [2.75, 3.05) is 0 Å². The minimum atomic E-state index is 1.25. The maximum absolute atomic E-state index is 2.65. The molecule has 0 heterocycles. The Labute approximate surface area is 79.6 Å². The van der Waals surface area contributed by atoms with Gasteiger partial charge >= 0.3 is 0 Å². The zero-order valence-electron chi connectivity index (χ0n) is 8.89. The first-order chi connectivity index (χ1) is 5.79. The van der Waals surface area contributed by atoms with Gasteiger partial charge in [0.25, 0.3) is 0 Å². The lowest BCUT2D eigenvalue weighted by molar-refractivity contribution is 1.49. The van der Waals surface area contributed by atoms with E-state index in [4.69, 9.17) is 0 Å². The average molecular weight is 184 g/mol. The molecule has 0 spiro atoms. The Bertz CT molecular complexity index is 144. The highest BCUT2D eigenvalue weighted by molar-refractivity contribution is 7.27. The lowest BCUT2D eigenvalue weighted by atomic mass is 10.2. The van der Waals surface area contributed by atoms with Gasteiger partial charge in [-0.2, -0.15) is 0 Å². The number of aryl methyl sites for hydroxylation is 1. The van der Waals surface area contributed by atoms with E-state index in [-0.39, 0.29) is 0 Å². The topological polar surface area (TPSA) is 0 Å². The van der Waals surface area contributed by atoms with Gasteiger partial charge in [0.15, 0.2) is 0 Å². The highest BCUT2D eigenvalue weighted by atomic mass is 31.0. The molecule has 70 valence electrons. The van der Waals surface area contributed by atoms with Crippen molar-refractivity contribution in [2.45, 2.75) is 34.6 Å². The van der Waals surface area contributed by atoms with E-state index in [9.17, 15) is 0 Å². The Balaban J connectivity index is 0. The molecule has 1 heteroatoms. The molecule has 0 N–H and O–H groups in total. The number of rotatable bonds is 0. The van der Waals surface area contributed by atoms with Crippen LogP contribution in [-0.2, 0) is 0 Å². The van der Waals surface area contributed by atoms with Crippen LogP contribution in [0.5, 0.6) is 0 Å². The molecule has 0 fully saturated rings. The van der Waals surface area contributed by atoms with Crippen molar-refractivity contribution in [1.82, 2.24) is 0 Å². The summed E-state index contributed by atoms with van der Waals surface area (Å²) in [6.07, 6.45) is 0. The zero-order chi connectivity index (χ0) is 9.98. The number of benzene rings is 1. The van der Waals surface area contributed by atoms with Gasteiger partial charge in [0, 0.05) is 0 Å². The maximum atomic E-state index is 2.65. The van der Waals surface area contributed by atoms with Gasteiger partial charge in [-0.3, -0.25) is 0 Å². The van der Waals surface area contributed by atoms with Crippen LogP contribution in [0.25, 0.3) is 0 Å². The summed E-state index contributed by atoms with van der Waals surface area (Å²) in [6.45, 7) is 10.1. The first-order valence-corrected chi connectivity index (χ1v) is 5.19. The molecule has 1 unspecified atom stereocenters. The third kappa shape index (κ3) is 7.75. The molecule has 0 saturated heterocycles. The SMILES string of the molecule is CC.CC.Cc1ccc(P)cc1. The van der Waals surface area contributed by atoms with E-state index < -0.39 is 0 Å². The summed E-state index contributed by atoms with van der Waals surface area (Å²) < 4.78 is 0. The fraction of sp³-hybridized carbons (Fsp3) is 0.455. The molecule has 1 rings (SSSR count). The van der Waals surface area contributed by atoms with E-state index in [1.807, 2.05) is 27.7 Å². The molecule has 0 amide bonds. The van der Waals surface area contributed by atoms with Crippen molar-refractivity contribution in [2.24, 2.45) is 0 Å². The lowest BCUT2D eigenvalue weighted by Gasteiger charge is -1.89. The maximum Gasteiger partial charge on any atom is -0.0302 e. The molecule has 0 aliphatic rings. The Kier molecular flexibility index (Phi) is 12.6. The highest BCUT2D eigenvalue weighted by Crippen LogP contribution is 1.94. The summed E-state index contributed by atoms with van der Waals surface area (Å²) in [5, 5.41) is 1.25. The average Bonchev–Trinajstić information content (AvgIpc) is 2.17.